The minimum Gasteiger partial charge on any atom is -0.462 e. The van der Waals surface area contributed by atoms with Crippen molar-refractivity contribution in [2.75, 3.05) is 25.5 Å². The molecule has 0 spiro atoms. The molecule has 0 heterocycles. The summed E-state index contributed by atoms with van der Waals surface area (Å²) in [7, 11) is 6.20. The van der Waals surface area contributed by atoms with Gasteiger partial charge < -0.3 is 14.5 Å². The predicted octanol–water partition coefficient (Wildman–Crippen LogP) is 3.94. The lowest BCUT2D eigenvalue weighted by Crippen LogP contribution is -2.67. The molecule has 1 amide bonds. The van der Waals surface area contributed by atoms with E-state index in [0.717, 1.165) is 31.4 Å². The van der Waals surface area contributed by atoms with Crippen molar-refractivity contribution in [1.29, 1.82) is 0 Å². The quantitative estimate of drug-likeness (QED) is 0.471. The first-order valence-electron chi connectivity index (χ1n) is 8.67. The van der Waals surface area contributed by atoms with E-state index >= 15 is 0 Å². The predicted molar refractivity (Wildman–Crippen MR) is 99.4 cm³/mol. The van der Waals surface area contributed by atoms with Crippen LogP contribution in [-0.2, 0) is 9.53 Å². The maximum Gasteiger partial charge on any atom is 0.340 e. The number of carbonyl (C=O) groups excluding carboxylic acids is 2. The molecule has 138 valence electrons. The van der Waals surface area contributed by atoms with Crippen molar-refractivity contribution in [1.82, 2.24) is 0 Å². The zero-order valence-corrected chi connectivity index (χ0v) is 16.2. The molecule has 1 aliphatic carbocycles. The molecule has 1 fully saturated rings. The number of amides is 1. The van der Waals surface area contributed by atoms with E-state index in [4.69, 9.17) is 16.3 Å². The van der Waals surface area contributed by atoms with E-state index in [-0.39, 0.29) is 18.1 Å². The van der Waals surface area contributed by atoms with Gasteiger partial charge in [-0.15, -0.1) is 7.05 Å². The highest BCUT2D eigenvalue weighted by atomic mass is 35.5. The minimum atomic E-state index is -0.563. The number of carbonyl (C=O) groups is 2. The van der Waals surface area contributed by atoms with E-state index in [1.165, 1.54) is 6.07 Å². The number of ether oxygens (including phenoxy) is 1. The molecule has 1 saturated carbocycles. The van der Waals surface area contributed by atoms with Crippen molar-refractivity contribution in [3.63, 3.8) is 0 Å². The maximum absolute atomic E-state index is 13.1. The number of esters is 1. The molecule has 0 saturated heterocycles. The third kappa shape index (κ3) is 3.53. The SMILES string of the molecule is [CH2-][N+](C)(CC)C1(C(=O)Nc2c(C)cc(Cl)cc2C(=O)OCC)CCC1. The molecule has 25 heavy (non-hydrogen) atoms. The molecule has 1 N–H and O–H groups in total. The fourth-order valence-electron chi connectivity index (χ4n) is 3.34. The Balaban J connectivity index is 2.39. The summed E-state index contributed by atoms with van der Waals surface area (Å²) in [6.07, 6.45) is 2.57. The van der Waals surface area contributed by atoms with Gasteiger partial charge in [-0.25, -0.2) is 4.79 Å². The van der Waals surface area contributed by atoms with Crippen molar-refractivity contribution < 1.29 is 18.8 Å². The van der Waals surface area contributed by atoms with Crippen molar-refractivity contribution in [2.24, 2.45) is 0 Å². The van der Waals surface area contributed by atoms with Gasteiger partial charge in [0.1, 0.15) is 0 Å². The molecule has 0 aromatic heterocycles. The van der Waals surface area contributed by atoms with Crippen LogP contribution in [0.1, 0.15) is 49.0 Å². The lowest BCUT2D eigenvalue weighted by atomic mass is 9.73. The van der Waals surface area contributed by atoms with Crippen LogP contribution >= 0.6 is 11.6 Å². The van der Waals surface area contributed by atoms with Crippen LogP contribution < -0.4 is 5.32 Å². The summed E-state index contributed by atoms with van der Waals surface area (Å²) in [5.74, 6) is -0.595. The van der Waals surface area contributed by atoms with E-state index < -0.39 is 11.5 Å². The largest absolute Gasteiger partial charge is 0.462 e. The van der Waals surface area contributed by atoms with Gasteiger partial charge in [0.2, 0.25) is 0 Å². The summed E-state index contributed by atoms with van der Waals surface area (Å²) in [5.41, 5.74) is 0.917. The van der Waals surface area contributed by atoms with E-state index in [1.807, 2.05) is 20.9 Å². The monoisotopic (exact) mass is 366 g/mol. The van der Waals surface area contributed by atoms with Gasteiger partial charge in [0.05, 0.1) is 24.4 Å². The average molecular weight is 367 g/mol. The number of benzene rings is 1. The second-order valence-corrected chi connectivity index (χ2v) is 7.35. The first kappa shape index (κ1) is 19.7. The number of aryl methyl sites for hydroxylation is 1. The highest BCUT2D eigenvalue weighted by molar-refractivity contribution is 6.31. The van der Waals surface area contributed by atoms with Crippen LogP contribution in [0.2, 0.25) is 5.02 Å². The summed E-state index contributed by atoms with van der Waals surface area (Å²) >= 11 is 6.09. The molecule has 1 atom stereocenters. The van der Waals surface area contributed by atoms with Gasteiger partial charge in [-0.05, 0) is 44.9 Å². The van der Waals surface area contributed by atoms with E-state index in [2.05, 4.69) is 12.4 Å². The Morgan fingerprint density at radius 1 is 1.36 bits per heavy atom. The highest BCUT2D eigenvalue weighted by Gasteiger charge is 2.53. The summed E-state index contributed by atoms with van der Waals surface area (Å²) in [4.78, 5) is 25.4. The van der Waals surface area contributed by atoms with E-state index in [1.54, 1.807) is 13.0 Å². The molecule has 1 unspecified atom stereocenters. The third-order valence-electron chi connectivity index (χ3n) is 5.37. The van der Waals surface area contributed by atoms with Crippen LogP contribution in [-0.4, -0.2) is 42.1 Å². The van der Waals surface area contributed by atoms with Gasteiger partial charge in [0.15, 0.2) is 5.54 Å². The Labute approximate surface area is 154 Å². The molecule has 6 heteroatoms. The summed E-state index contributed by atoms with van der Waals surface area (Å²) in [5, 5.41) is 3.41. The fraction of sp³-hybridized carbons (Fsp3) is 0.526. The molecule has 1 aromatic rings. The number of quaternary nitrogens is 1. The summed E-state index contributed by atoms with van der Waals surface area (Å²) in [6.45, 7) is 6.58. The lowest BCUT2D eigenvalue weighted by molar-refractivity contribution is -0.913. The molecular weight excluding hydrogens is 340 g/mol. The number of hydrogen-bond acceptors (Lipinski definition) is 3. The van der Waals surface area contributed by atoms with Crippen LogP contribution in [0.4, 0.5) is 5.69 Å². The molecule has 0 bridgehead atoms. The van der Waals surface area contributed by atoms with Gasteiger partial charge in [-0.1, -0.05) is 11.6 Å². The van der Waals surface area contributed by atoms with Crippen molar-refractivity contribution in [2.45, 2.75) is 45.6 Å². The van der Waals surface area contributed by atoms with Gasteiger partial charge in [0, 0.05) is 24.9 Å². The van der Waals surface area contributed by atoms with Crippen molar-refractivity contribution >= 4 is 29.2 Å². The Morgan fingerprint density at radius 3 is 2.48 bits per heavy atom. The average Bonchev–Trinajstić information content (AvgIpc) is 2.48. The number of anilines is 1. The van der Waals surface area contributed by atoms with Gasteiger partial charge >= 0.3 is 5.97 Å². The van der Waals surface area contributed by atoms with Crippen LogP contribution in [0, 0.1) is 14.0 Å². The normalized spacial score (nSPS) is 18.0. The van der Waals surface area contributed by atoms with E-state index in [9.17, 15) is 9.59 Å². The number of likely N-dealkylation sites (N-methyl/N-ethyl adjacent to an activating group) is 1. The molecule has 1 aliphatic rings. The molecule has 1 aromatic carbocycles. The zero-order chi connectivity index (χ0) is 18.8. The van der Waals surface area contributed by atoms with E-state index in [0.29, 0.717) is 15.2 Å². The van der Waals surface area contributed by atoms with Crippen LogP contribution in [0.15, 0.2) is 12.1 Å². The Kier molecular flexibility index (Phi) is 5.79. The fourth-order valence-corrected chi connectivity index (χ4v) is 3.61. The van der Waals surface area contributed by atoms with Gasteiger partial charge in [-0.2, -0.15) is 0 Å². The van der Waals surface area contributed by atoms with Gasteiger partial charge in [-0.3, -0.25) is 4.79 Å². The molecule has 5 nitrogen and oxygen atoms in total. The van der Waals surface area contributed by atoms with Crippen LogP contribution in [0.5, 0.6) is 0 Å². The number of nitrogens with zero attached hydrogens (tertiary/aromatic N) is 1. The standard InChI is InChI=1S/C19H27ClN2O3/c1-6-22(4,5)19(9-8-10-19)18(24)21-16-13(3)11-14(20)12-15(16)17(23)25-7-2/h11-12H,4,6-10H2,1-3,5H3,(H,21,24). The van der Waals surface area contributed by atoms with Gasteiger partial charge in [0.25, 0.3) is 5.91 Å². The Bertz CT molecular complexity index is 681. The molecule has 0 aliphatic heterocycles. The first-order valence-corrected chi connectivity index (χ1v) is 9.05. The zero-order valence-electron chi connectivity index (χ0n) is 15.4. The first-order chi connectivity index (χ1) is 11.7. The second-order valence-electron chi connectivity index (χ2n) is 6.92. The van der Waals surface area contributed by atoms with Crippen molar-refractivity contribution in [3.05, 3.63) is 35.3 Å². The third-order valence-corrected chi connectivity index (χ3v) is 5.59. The maximum atomic E-state index is 13.1. The summed E-state index contributed by atoms with van der Waals surface area (Å²) < 4.78 is 5.48. The van der Waals surface area contributed by atoms with Crippen molar-refractivity contribution in [3.8, 4) is 0 Å². The number of hydrogen-bond donors (Lipinski definition) is 1. The second kappa shape index (κ2) is 7.34. The lowest BCUT2D eigenvalue weighted by Gasteiger charge is -2.57. The topological polar surface area (TPSA) is 55.4 Å². The van der Waals surface area contributed by atoms with Crippen LogP contribution in [0.25, 0.3) is 0 Å². The Hall–Kier alpha value is -1.59. The highest BCUT2D eigenvalue weighted by Crippen LogP contribution is 2.42. The Morgan fingerprint density at radius 2 is 2.00 bits per heavy atom. The molecule has 2 rings (SSSR count). The molecule has 0 radical (unpaired) electrons. The number of rotatable bonds is 6. The number of nitrogens with one attached hydrogen (secondary N) is 1. The smallest absolute Gasteiger partial charge is 0.340 e. The number of halogens is 1. The van der Waals surface area contributed by atoms with Crippen LogP contribution in [0.3, 0.4) is 0 Å². The minimum absolute atomic E-state index is 0.103. The summed E-state index contributed by atoms with van der Waals surface area (Å²) in [6, 6.07) is 3.26. The molecular formula is C19H27ClN2O3.